The van der Waals surface area contributed by atoms with Crippen molar-refractivity contribution in [2.45, 2.75) is 46.1 Å². The van der Waals surface area contributed by atoms with Gasteiger partial charge in [0.1, 0.15) is 12.4 Å². The van der Waals surface area contributed by atoms with Gasteiger partial charge in [-0.3, -0.25) is 9.25 Å². The van der Waals surface area contributed by atoms with E-state index in [-0.39, 0.29) is 11.9 Å². The van der Waals surface area contributed by atoms with Crippen LogP contribution in [0.3, 0.4) is 0 Å². The van der Waals surface area contributed by atoms with Crippen LogP contribution in [0.5, 0.6) is 0 Å². The zero-order valence-corrected chi connectivity index (χ0v) is 19.4. The highest BCUT2D eigenvalue weighted by Gasteiger charge is 2.27. The lowest BCUT2D eigenvalue weighted by molar-refractivity contribution is 0.0670. The molecule has 0 radical (unpaired) electrons. The van der Waals surface area contributed by atoms with Crippen LogP contribution in [0.1, 0.15) is 35.6 Å². The SMILES string of the molecule is Cc1ccc(-c2cc(C)n(CC(C)O)n2)cc1Nc1nnc2n1C(c1ccc(F)cc1)COC2. The molecule has 0 aliphatic carbocycles. The minimum absolute atomic E-state index is 0.163. The van der Waals surface area contributed by atoms with Gasteiger partial charge >= 0.3 is 0 Å². The molecule has 9 heteroatoms. The van der Waals surface area contributed by atoms with Gasteiger partial charge in [-0.05, 0) is 56.2 Å². The Labute approximate surface area is 197 Å². The van der Waals surface area contributed by atoms with E-state index in [1.807, 2.05) is 47.4 Å². The van der Waals surface area contributed by atoms with Crippen molar-refractivity contribution in [3.8, 4) is 11.3 Å². The van der Waals surface area contributed by atoms with Gasteiger partial charge in [0, 0.05) is 16.9 Å². The molecule has 4 aromatic rings. The molecule has 1 aliphatic heterocycles. The Hall–Kier alpha value is -3.56. The summed E-state index contributed by atoms with van der Waals surface area (Å²) < 4.78 is 23.0. The minimum atomic E-state index is -0.473. The monoisotopic (exact) mass is 462 g/mol. The summed E-state index contributed by atoms with van der Waals surface area (Å²) in [6.45, 7) is 7.01. The van der Waals surface area contributed by atoms with Gasteiger partial charge in [-0.2, -0.15) is 5.10 Å². The molecule has 0 saturated heterocycles. The third-order valence-electron chi connectivity index (χ3n) is 6.04. The molecule has 5 rings (SSSR count). The van der Waals surface area contributed by atoms with Gasteiger partial charge in [-0.15, -0.1) is 10.2 Å². The van der Waals surface area contributed by atoms with E-state index < -0.39 is 6.10 Å². The maximum absolute atomic E-state index is 13.5. The topological polar surface area (TPSA) is 90.0 Å². The van der Waals surface area contributed by atoms with Gasteiger partial charge in [0.25, 0.3) is 0 Å². The summed E-state index contributed by atoms with van der Waals surface area (Å²) in [4.78, 5) is 0. The number of nitrogens with one attached hydrogen (secondary N) is 1. The predicted octanol–water partition coefficient (Wildman–Crippen LogP) is 4.14. The molecule has 0 spiro atoms. The number of aryl methyl sites for hydroxylation is 2. The third kappa shape index (κ3) is 4.32. The van der Waals surface area contributed by atoms with Crippen molar-refractivity contribution in [3.63, 3.8) is 0 Å². The van der Waals surface area contributed by atoms with E-state index in [0.29, 0.717) is 31.5 Å². The number of halogens is 1. The van der Waals surface area contributed by atoms with Crippen molar-refractivity contribution < 1.29 is 14.2 Å². The maximum atomic E-state index is 13.5. The maximum Gasteiger partial charge on any atom is 0.229 e. The second-order valence-electron chi connectivity index (χ2n) is 8.75. The van der Waals surface area contributed by atoms with Crippen LogP contribution in [0.4, 0.5) is 16.0 Å². The van der Waals surface area contributed by atoms with Gasteiger partial charge in [0.05, 0.1) is 31.0 Å². The second kappa shape index (κ2) is 9.00. The molecule has 8 nitrogen and oxygen atoms in total. The number of rotatable bonds is 6. The molecular weight excluding hydrogens is 435 g/mol. The van der Waals surface area contributed by atoms with Crippen molar-refractivity contribution in [2.75, 3.05) is 11.9 Å². The fraction of sp³-hybridized carbons (Fsp3) is 0.320. The Morgan fingerprint density at radius 3 is 2.71 bits per heavy atom. The Kier molecular flexibility index (Phi) is 5.89. The molecule has 0 bridgehead atoms. The van der Waals surface area contributed by atoms with Gasteiger partial charge in [0.15, 0.2) is 5.82 Å². The van der Waals surface area contributed by atoms with Gasteiger partial charge in [-0.1, -0.05) is 24.3 Å². The van der Waals surface area contributed by atoms with Crippen LogP contribution < -0.4 is 5.32 Å². The van der Waals surface area contributed by atoms with E-state index in [2.05, 4.69) is 20.6 Å². The van der Waals surface area contributed by atoms with Crippen molar-refractivity contribution in [1.82, 2.24) is 24.5 Å². The number of fused-ring (bicyclic) bond motifs is 1. The van der Waals surface area contributed by atoms with Crippen molar-refractivity contribution in [2.24, 2.45) is 0 Å². The summed E-state index contributed by atoms with van der Waals surface area (Å²) in [5.41, 5.74) is 5.64. The lowest BCUT2D eigenvalue weighted by Crippen LogP contribution is -2.25. The van der Waals surface area contributed by atoms with Crippen LogP contribution in [0, 0.1) is 19.7 Å². The first-order chi connectivity index (χ1) is 16.4. The predicted molar refractivity (Wildman–Crippen MR) is 126 cm³/mol. The quantitative estimate of drug-likeness (QED) is 0.448. The summed E-state index contributed by atoms with van der Waals surface area (Å²) in [5.74, 6) is 1.04. The van der Waals surface area contributed by atoms with Crippen LogP contribution in [-0.2, 0) is 17.9 Å². The number of benzene rings is 2. The van der Waals surface area contributed by atoms with Crippen molar-refractivity contribution in [1.29, 1.82) is 0 Å². The fourth-order valence-electron chi connectivity index (χ4n) is 4.22. The molecule has 0 amide bonds. The van der Waals surface area contributed by atoms with Gasteiger partial charge < -0.3 is 15.2 Å². The number of aliphatic hydroxyl groups excluding tert-OH is 1. The number of hydrogen-bond acceptors (Lipinski definition) is 6. The fourth-order valence-corrected chi connectivity index (χ4v) is 4.22. The second-order valence-corrected chi connectivity index (χ2v) is 8.75. The number of aliphatic hydroxyl groups is 1. The molecule has 2 N–H and O–H groups in total. The van der Waals surface area contributed by atoms with E-state index in [1.54, 1.807) is 19.1 Å². The summed E-state index contributed by atoms with van der Waals surface area (Å²) >= 11 is 0. The zero-order valence-electron chi connectivity index (χ0n) is 19.4. The highest BCUT2D eigenvalue weighted by atomic mass is 19.1. The normalized spacial score (nSPS) is 16.3. The first kappa shape index (κ1) is 22.2. The molecule has 176 valence electrons. The molecule has 1 aliphatic rings. The van der Waals surface area contributed by atoms with Crippen LogP contribution >= 0.6 is 0 Å². The first-order valence-corrected chi connectivity index (χ1v) is 11.3. The number of aromatic nitrogens is 5. The standard InChI is InChI=1S/C25H27FN6O2/c1-15-4-5-19(22-10-16(2)31(30-22)12-17(3)33)11-21(15)27-25-29-28-24-14-34-13-23(32(24)25)18-6-8-20(26)9-7-18/h4-11,17,23,33H,12-14H2,1-3H3,(H,27,29). The Bertz CT molecular complexity index is 1310. The molecule has 34 heavy (non-hydrogen) atoms. The average Bonchev–Trinajstić information content (AvgIpc) is 3.39. The van der Waals surface area contributed by atoms with E-state index in [1.165, 1.54) is 12.1 Å². The number of hydrogen-bond donors (Lipinski definition) is 2. The average molecular weight is 463 g/mol. The Balaban J connectivity index is 1.47. The molecule has 2 atom stereocenters. The highest BCUT2D eigenvalue weighted by molar-refractivity contribution is 5.70. The van der Waals surface area contributed by atoms with Gasteiger partial charge in [0.2, 0.25) is 5.95 Å². The van der Waals surface area contributed by atoms with E-state index in [0.717, 1.165) is 33.8 Å². The molecular formula is C25H27FN6O2. The highest BCUT2D eigenvalue weighted by Crippen LogP contribution is 2.32. The van der Waals surface area contributed by atoms with Crippen LogP contribution in [-0.4, -0.2) is 42.4 Å². The Morgan fingerprint density at radius 2 is 1.94 bits per heavy atom. The lowest BCUT2D eigenvalue weighted by atomic mass is 10.1. The molecule has 3 heterocycles. The van der Waals surface area contributed by atoms with Gasteiger partial charge in [-0.25, -0.2) is 4.39 Å². The van der Waals surface area contributed by atoms with Crippen molar-refractivity contribution in [3.05, 3.63) is 77.0 Å². The largest absolute Gasteiger partial charge is 0.391 e. The summed E-state index contributed by atoms with van der Waals surface area (Å²) in [7, 11) is 0. The summed E-state index contributed by atoms with van der Waals surface area (Å²) in [6.07, 6.45) is -0.473. The molecule has 2 unspecified atom stereocenters. The molecule has 0 saturated carbocycles. The summed E-state index contributed by atoms with van der Waals surface area (Å²) in [6, 6.07) is 14.4. The lowest BCUT2D eigenvalue weighted by Gasteiger charge is -2.27. The van der Waals surface area contributed by atoms with Crippen LogP contribution in [0.25, 0.3) is 11.3 Å². The van der Waals surface area contributed by atoms with E-state index in [9.17, 15) is 9.50 Å². The molecule has 2 aromatic heterocycles. The smallest absolute Gasteiger partial charge is 0.229 e. The Morgan fingerprint density at radius 1 is 1.15 bits per heavy atom. The van der Waals surface area contributed by atoms with E-state index in [4.69, 9.17) is 4.74 Å². The van der Waals surface area contributed by atoms with Crippen LogP contribution in [0.15, 0.2) is 48.5 Å². The van der Waals surface area contributed by atoms with Crippen LogP contribution in [0.2, 0.25) is 0 Å². The zero-order chi connectivity index (χ0) is 23.8. The molecule has 0 fully saturated rings. The number of anilines is 2. The van der Waals surface area contributed by atoms with E-state index >= 15 is 0 Å². The molecule has 2 aromatic carbocycles. The van der Waals surface area contributed by atoms with Crippen molar-refractivity contribution >= 4 is 11.6 Å². The minimum Gasteiger partial charge on any atom is -0.391 e. The number of ether oxygens (including phenoxy) is 1. The number of nitrogens with zero attached hydrogens (tertiary/aromatic N) is 5. The third-order valence-corrected chi connectivity index (χ3v) is 6.04. The first-order valence-electron chi connectivity index (χ1n) is 11.3. The summed E-state index contributed by atoms with van der Waals surface area (Å²) in [5, 5.41) is 26.5.